The van der Waals surface area contributed by atoms with Crippen LogP contribution in [0.1, 0.15) is 58.8 Å². The Morgan fingerprint density at radius 1 is 1.21 bits per heavy atom. The summed E-state index contributed by atoms with van der Waals surface area (Å²) in [5, 5.41) is 3.74. The predicted octanol–water partition coefficient (Wildman–Crippen LogP) is 2.80. The molecule has 2 aliphatic rings. The number of carbonyl (C=O) groups is 1. The molecular formula is C16H30N2O. The summed E-state index contributed by atoms with van der Waals surface area (Å²) >= 11 is 0. The van der Waals surface area contributed by atoms with E-state index in [0.29, 0.717) is 24.3 Å². The van der Waals surface area contributed by atoms with Crippen LogP contribution in [-0.4, -0.2) is 36.5 Å². The Labute approximate surface area is 118 Å². The molecular weight excluding hydrogens is 236 g/mol. The van der Waals surface area contributed by atoms with Gasteiger partial charge >= 0.3 is 0 Å². The van der Waals surface area contributed by atoms with Gasteiger partial charge in [-0.25, -0.2) is 0 Å². The van der Waals surface area contributed by atoms with Crippen LogP contribution in [0.15, 0.2) is 0 Å². The second-order valence-electron chi connectivity index (χ2n) is 6.60. The van der Waals surface area contributed by atoms with Gasteiger partial charge in [-0.05, 0) is 37.6 Å². The summed E-state index contributed by atoms with van der Waals surface area (Å²) in [6, 6.07) is 0.515. The highest BCUT2D eigenvalue weighted by atomic mass is 16.2. The summed E-state index contributed by atoms with van der Waals surface area (Å²) in [7, 11) is 0. The Hall–Kier alpha value is -0.570. The van der Waals surface area contributed by atoms with E-state index in [2.05, 4.69) is 17.1 Å². The molecule has 1 aliphatic carbocycles. The maximum Gasteiger partial charge on any atom is 0.222 e. The molecule has 2 atom stereocenters. The second-order valence-corrected chi connectivity index (χ2v) is 6.60. The van der Waals surface area contributed by atoms with E-state index < -0.39 is 0 Å². The number of rotatable bonds is 4. The highest BCUT2D eigenvalue weighted by molar-refractivity contribution is 5.76. The van der Waals surface area contributed by atoms with E-state index in [1.165, 1.54) is 38.5 Å². The molecule has 2 rings (SSSR count). The van der Waals surface area contributed by atoms with Crippen LogP contribution in [0.5, 0.6) is 0 Å². The second kappa shape index (κ2) is 7.28. The van der Waals surface area contributed by atoms with Crippen molar-refractivity contribution in [2.75, 3.05) is 19.6 Å². The van der Waals surface area contributed by atoms with Gasteiger partial charge in [0.25, 0.3) is 0 Å². The molecule has 19 heavy (non-hydrogen) atoms. The lowest BCUT2D eigenvalue weighted by Gasteiger charge is -2.37. The maximum absolute atomic E-state index is 11.9. The minimum atomic E-state index is 0.316. The predicted molar refractivity (Wildman–Crippen MR) is 79.0 cm³/mol. The van der Waals surface area contributed by atoms with Gasteiger partial charge in [-0.3, -0.25) is 4.79 Å². The Morgan fingerprint density at radius 2 is 1.95 bits per heavy atom. The first-order valence-electron chi connectivity index (χ1n) is 8.20. The van der Waals surface area contributed by atoms with Gasteiger partial charge in [-0.15, -0.1) is 0 Å². The van der Waals surface area contributed by atoms with Crippen LogP contribution in [0.2, 0.25) is 0 Å². The number of hydrogen-bond donors (Lipinski definition) is 1. The smallest absolute Gasteiger partial charge is 0.222 e. The zero-order valence-corrected chi connectivity index (χ0v) is 12.7. The van der Waals surface area contributed by atoms with Gasteiger partial charge in [0.2, 0.25) is 5.91 Å². The van der Waals surface area contributed by atoms with Crippen molar-refractivity contribution in [1.82, 2.24) is 10.2 Å². The van der Waals surface area contributed by atoms with Crippen LogP contribution < -0.4 is 5.32 Å². The van der Waals surface area contributed by atoms with E-state index in [4.69, 9.17) is 0 Å². The van der Waals surface area contributed by atoms with E-state index in [0.717, 1.165) is 25.6 Å². The number of nitrogens with one attached hydrogen (secondary N) is 1. The fraction of sp³-hybridized carbons (Fsp3) is 0.938. The third-order valence-electron chi connectivity index (χ3n) is 4.73. The fourth-order valence-electron chi connectivity index (χ4n) is 3.65. The van der Waals surface area contributed by atoms with E-state index in [-0.39, 0.29) is 0 Å². The van der Waals surface area contributed by atoms with Crippen molar-refractivity contribution in [2.24, 2.45) is 11.8 Å². The number of carbonyl (C=O) groups excluding carboxylic acids is 1. The number of piperidine rings is 1. The molecule has 2 fully saturated rings. The standard InChI is InChI=1S/C16H30N2O/c1-3-16(19)18-11-13(2)9-15(12-18)17-10-14-7-5-4-6-8-14/h13-15,17H,3-12H2,1-2H3. The number of amides is 1. The molecule has 1 saturated carbocycles. The first-order valence-corrected chi connectivity index (χ1v) is 8.20. The third kappa shape index (κ3) is 4.48. The minimum absolute atomic E-state index is 0.316. The van der Waals surface area contributed by atoms with E-state index in [1.807, 2.05) is 6.92 Å². The molecule has 1 saturated heterocycles. The molecule has 0 bridgehead atoms. The van der Waals surface area contributed by atoms with Gasteiger partial charge in [-0.2, -0.15) is 0 Å². The normalized spacial score (nSPS) is 29.5. The summed E-state index contributed by atoms with van der Waals surface area (Å²) in [5.41, 5.74) is 0. The number of nitrogens with zero attached hydrogens (tertiary/aromatic N) is 1. The minimum Gasteiger partial charge on any atom is -0.341 e. The van der Waals surface area contributed by atoms with Gasteiger partial charge in [0, 0.05) is 25.6 Å². The van der Waals surface area contributed by atoms with Gasteiger partial charge in [0.1, 0.15) is 0 Å². The quantitative estimate of drug-likeness (QED) is 0.848. The first-order chi connectivity index (χ1) is 9.19. The van der Waals surface area contributed by atoms with Crippen molar-refractivity contribution >= 4 is 5.91 Å². The van der Waals surface area contributed by atoms with E-state index in [1.54, 1.807) is 0 Å². The molecule has 3 nitrogen and oxygen atoms in total. The lowest BCUT2D eigenvalue weighted by molar-refractivity contribution is -0.133. The maximum atomic E-state index is 11.9. The van der Waals surface area contributed by atoms with Crippen molar-refractivity contribution in [3.8, 4) is 0 Å². The number of hydrogen-bond acceptors (Lipinski definition) is 2. The zero-order valence-electron chi connectivity index (χ0n) is 12.7. The Kier molecular flexibility index (Phi) is 5.68. The van der Waals surface area contributed by atoms with Gasteiger partial charge < -0.3 is 10.2 Å². The van der Waals surface area contributed by atoms with Gasteiger partial charge in [0.15, 0.2) is 0 Å². The van der Waals surface area contributed by atoms with Crippen LogP contribution in [0.4, 0.5) is 0 Å². The lowest BCUT2D eigenvalue weighted by atomic mass is 9.88. The largest absolute Gasteiger partial charge is 0.341 e. The monoisotopic (exact) mass is 266 g/mol. The Morgan fingerprint density at radius 3 is 2.63 bits per heavy atom. The SMILES string of the molecule is CCC(=O)N1CC(C)CC(NCC2CCCCC2)C1. The van der Waals surface area contributed by atoms with Crippen LogP contribution in [0, 0.1) is 11.8 Å². The van der Waals surface area contributed by atoms with Crippen LogP contribution >= 0.6 is 0 Å². The molecule has 0 radical (unpaired) electrons. The molecule has 0 aromatic carbocycles. The van der Waals surface area contributed by atoms with Crippen LogP contribution in [0.25, 0.3) is 0 Å². The van der Waals surface area contributed by atoms with Crippen LogP contribution in [-0.2, 0) is 4.79 Å². The molecule has 1 amide bonds. The summed E-state index contributed by atoms with van der Waals surface area (Å²) in [5.74, 6) is 1.82. The molecule has 1 aliphatic heterocycles. The highest BCUT2D eigenvalue weighted by Gasteiger charge is 2.27. The van der Waals surface area contributed by atoms with Crippen LogP contribution in [0.3, 0.4) is 0 Å². The molecule has 1 heterocycles. The molecule has 2 unspecified atom stereocenters. The Bertz CT molecular complexity index is 286. The van der Waals surface area contributed by atoms with E-state index in [9.17, 15) is 4.79 Å². The molecule has 110 valence electrons. The molecule has 0 spiro atoms. The Balaban J connectivity index is 1.77. The summed E-state index contributed by atoms with van der Waals surface area (Å²) in [4.78, 5) is 13.9. The average Bonchev–Trinajstić information content (AvgIpc) is 2.45. The van der Waals surface area contributed by atoms with Crippen molar-refractivity contribution in [3.63, 3.8) is 0 Å². The summed E-state index contributed by atoms with van der Waals surface area (Å²) < 4.78 is 0. The molecule has 3 heteroatoms. The summed E-state index contributed by atoms with van der Waals surface area (Å²) in [6.45, 7) is 7.26. The zero-order chi connectivity index (χ0) is 13.7. The average molecular weight is 266 g/mol. The first kappa shape index (κ1) is 14.8. The molecule has 1 N–H and O–H groups in total. The van der Waals surface area contributed by atoms with Gasteiger partial charge in [0.05, 0.1) is 0 Å². The third-order valence-corrected chi connectivity index (χ3v) is 4.73. The highest BCUT2D eigenvalue weighted by Crippen LogP contribution is 2.24. The fourth-order valence-corrected chi connectivity index (χ4v) is 3.65. The summed E-state index contributed by atoms with van der Waals surface area (Å²) in [6.07, 6.45) is 8.90. The van der Waals surface area contributed by atoms with Crippen molar-refractivity contribution in [1.29, 1.82) is 0 Å². The molecule has 0 aromatic heterocycles. The van der Waals surface area contributed by atoms with Gasteiger partial charge in [-0.1, -0.05) is 33.1 Å². The topological polar surface area (TPSA) is 32.3 Å². The van der Waals surface area contributed by atoms with Crippen molar-refractivity contribution in [2.45, 2.75) is 64.8 Å². The number of likely N-dealkylation sites (tertiary alicyclic amines) is 1. The molecule has 0 aromatic rings. The van der Waals surface area contributed by atoms with Crippen molar-refractivity contribution in [3.05, 3.63) is 0 Å². The van der Waals surface area contributed by atoms with E-state index >= 15 is 0 Å². The van der Waals surface area contributed by atoms with Crippen molar-refractivity contribution < 1.29 is 4.79 Å². The lowest BCUT2D eigenvalue weighted by Crippen LogP contribution is -2.51.